The first kappa shape index (κ1) is 16.4. The van der Waals surface area contributed by atoms with Crippen molar-refractivity contribution in [3.05, 3.63) is 35.9 Å². The van der Waals surface area contributed by atoms with E-state index in [2.05, 4.69) is 33.9 Å². The summed E-state index contributed by atoms with van der Waals surface area (Å²) in [6.45, 7) is 13.2. The van der Waals surface area contributed by atoms with E-state index in [-0.39, 0.29) is 5.04 Å². The van der Waals surface area contributed by atoms with Gasteiger partial charge < -0.3 is 4.43 Å². The molecule has 0 aliphatic rings. The summed E-state index contributed by atoms with van der Waals surface area (Å²) in [5.74, 6) is 0. The average Bonchev–Trinajstić information content (AvgIpc) is 2.36. The van der Waals surface area contributed by atoms with E-state index in [4.69, 9.17) is 9.31 Å². The smallest absolute Gasteiger partial charge is 0.192 e. The Balaban J connectivity index is 2.84. The average molecular weight is 282 g/mol. The molecule has 1 unspecified atom stereocenters. The molecule has 0 bridgehead atoms. The SMILES string of the molecule is CC(CO[Si](C)(C)C(C)(C)C)(OO)c1ccccc1. The molecule has 0 spiro atoms. The molecule has 19 heavy (non-hydrogen) atoms. The zero-order valence-corrected chi connectivity index (χ0v) is 13.9. The normalized spacial score (nSPS) is 16.2. The Bertz CT molecular complexity index is 398. The molecule has 3 nitrogen and oxygen atoms in total. The largest absolute Gasteiger partial charge is 0.413 e. The molecule has 0 aliphatic carbocycles. The van der Waals surface area contributed by atoms with Crippen LogP contribution in [-0.4, -0.2) is 20.2 Å². The molecule has 0 radical (unpaired) electrons. The maximum Gasteiger partial charge on any atom is 0.192 e. The molecule has 0 saturated carbocycles. The summed E-state index contributed by atoms with van der Waals surface area (Å²) < 4.78 is 6.16. The van der Waals surface area contributed by atoms with Crippen molar-refractivity contribution in [2.75, 3.05) is 6.61 Å². The summed E-state index contributed by atoms with van der Waals surface area (Å²) in [5.41, 5.74) is 0.0905. The molecule has 0 aromatic heterocycles. The van der Waals surface area contributed by atoms with Gasteiger partial charge in [0.15, 0.2) is 8.32 Å². The minimum Gasteiger partial charge on any atom is -0.413 e. The van der Waals surface area contributed by atoms with Crippen LogP contribution >= 0.6 is 0 Å². The van der Waals surface area contributed by atoms with Crippen LogP contribution in [0.25, 0.3) is 0 Å². The van der Waals surface area contributed by atoms with Crippen molar-refractivity contribution in [3.8, 4) is 0 Å². The zero-order valence-electron chi connectivity index (χ0n) is 12.9. The van der Waals surface area contributed by atoms with Gasteiger partial charge in [0.25, 0.3) is 0 Å². The lowest BCUT2D eigenvalue weighted by Gasteiger charge is -2.39. The molecule has 1 rings (SSSR count). The minimum absolute atomic E-state index is 0.139. The summed E-state index contributed by atoms with van der Waals surface area (Å²) in [6.07, 6.45) is 0. The summed E-state index contributed by atoms with van der Waals surface area (Å²) >= 11 is 0. The van der Waals surface area contributed by atoms with Gasteiger partial charge in [0.05, 0.1) is 6.61 Å². The van der Waals surface area contributed by atoms with Crippen LogP contribution < -0.4 is 0 Å². The van der Waals surface area contributed by atoms with Gasteiger partial charge in [0.2, 0.25) is 0 Å². The van der Waals surface area contributed by atoms with Crippen LogP contribution in [0, 0.1) is 0 Å². The summed E-state index contributed by atoms with van der Waals surface area (Å²) in [6, 6.07) is 9.67. The number of hydrogen-bond acceptors (Lipinski definition) is 3. The second kappa shape index (κ2) is 5.75. The van der Waals surface area contributed by atoms with Crippen molar-refractivity contribution < 1.29 is 14.6 Å². The Labute approximate surface area is 117 Å². The summed E-state index contributed by atoms with van der Waals surface area (Å²) in [7, 11) is -1.85. The van der Waals surface area contributed by atoms with E-state index in [1.807, 2.05) is 37.3 Å². The highest BCUT2D eigenvalue weighted by Gasteiger charge is 2.40. The molecular formula is C15H26O3Si. The quantitative estimate of drug-likeness (QED) is 0.494. The van der Waals surface area contributed by atoms with Crippen molar-refractivity contribution in [3.63, 3.8) is 0 Å². The molecule has 0 fully saturated rings. The monoisotopic (exact) mass is 282 g/mol. The van der Waals surface area contributed by atoms with E-state index in [1.165, 1.54) is 0 Å². The number of hydrogen-bond donors (Lipinski definition) is 1. The number of rotatable bonds is 5. The van der Waals surface area contributed by atoms with Gasteiger partial charge >= 0.3 is 0 Å². The first-order valence-electron chi connectivity index (χ1n) is 6.64. The second-order valence-corrected chi connectivity index (χ2v) is 11.5. The highest BCUT2D eigenvalue weighted by Crippen LogP contribution is 2.38. The highest BCUT2D eigenvalue weighted by molar-refractivity contribution is 6.74. The van der Waals surface area contributed by atoms with E-state index in [1.54, 1.807) is 0 Å². The molecule has 0 heterocycles. The standard InChI is InChI=1S/C15H26O3Si/c1-14(2,3)19(5,6)17-12-15(4,18-16)13-10-8-7-9-11-13/h7-11,16H,12H2,1-6H3. The van der Waals surface area contributed by atoms with Crippen LogP contribution in [0.1, 0.15) is 33.3 Å². The fraction of sp³-hybridized carbons (Fsp3) is 0.600. The molecule has 1 aromatic carbocycles. The van der Waals surface area contributed by atoms with E-state index in [0.29, 0.717) is 6.61 Å². The van der Waals surface area contributed by atoms with Gasteiger partial charge in [0, 0.05) is 0 Å². The lowest BCUT2D eigenvalue weighted by atomic mass is 9.97. The van der Waals surface area contributed by atoms with E-state index in [9.17, 15) is 5.26 Å². The predicted octanol–water partition coefficient (Wildman–Crippen LogP) is 4.41. The van der Waals surface area contributed by atoms with Crippen LogP contribution in [0.2, 0.25) is 18.1 Å². The molecule has 0 aliphatic heterocycles. The first-order valence-corrected chi connectivity index (χ1v) is 9.55. The Morgan fingerprint density at radius 2 is 1.58 bits per heavy atom. The Hall–Kier alpha value is -0.683. The molecule has 4 heteroatoms. The van der Waals surface area contributed by atoms with E-state index < -0.39 is 13.9 Å². The maximum atomic E-state index is 9.27. The minimum atomic E-state index is -1.85. The Morgan fingerprint density at radius 3 is 2.00 bits per heavy atom. The molecule has 0 amide bonds. The summed E-state index contributed by atoms with van der Waals surface area (Å²) in [5, 5.41) is 9.41. The molecule has 1 atom stereocenters. The fourth-order valence-corrected chi connectivity index (χ4v) is 2.56. The van der Waals surface area contributed by atoms with Gasteiger partial charge in [-0.05, 0) is 30.6 Å². The lowest BCUT2D eigenvalue weighted by molar-refractivity contribution is -0.330. The maximum absolute atomic E-state index is 9.27. The third kappa shape index (κ3) is 3.89. The van der Waals surface area contributed by atoms with Crippen molar-refractivity contribution >= 4 is 8.32 Å². The van der Waals surface area contributed by atoms with Gasteiger partial charge in [-0.1, -0.05) is 51.1 Å². The predicted molar refractivity (Wildman–Crippen MR) is 80.7 cm³/mol. The van der Waals surface area contributed by atoms with Crippen LogP contribution in [-0.2, 0) is 14.9 Å². The molecule has 0 saturated heterocycles. The first-order chi connectivity index (χ1) is 8.62. The van der Waals surface area contributed by atoms with Crippen molar-refractivity contribution in [1.29, 1.82) is 0 Å². The fourth-order valence-electron chi connectivity index (χ4n) is 1.49. The van der Waals surface area contributed by atoms with Gasteiger partial charge in [-0.2, -0.15) is 0 Å². The number of benzene rings is 1. The van der Waals surface area contributed by atoms with Gasteiger partial charge in [-0.25, -0.2) is 4.89 Å². The third-order valence-electron chi connectivity index (χ3n) is 4.10. The van der Waals surface area contributed by atoms with Crippen molar-refractivity contribution in [2.24, 2.45) is 0 Å². The molecule has 1 aromatic rings. The van der Waals surface area contributed by atoms with Gasteiger partial charge in [0.1, 0.15) is 5.60 Å². The van der Waals surface area contributed by atoms with Crippen molar-refractivity contribution in [2.45, 2.75) is 51.4 Å². The lowest BCUT2D eigenvalue weighted by Crippen LogP contribution is -2.45. The second-order valence-electron chi connectivity index (χ2n) is 6.74. The highest BCUT2D eigenvalue weighted by atomic mass is 28.4. The van der Waals surface area contributed by atoms with Crippen LogP contribution in [0.5, 0.6) is 0 Å². The molecule has 1 N–H and O–H groups in total. The van der Waals surface area contributed by atoms with Crippen molar-refractivity contribution in [1.82, 2.24) is 0 Å². The Morgan fingerprint density at radius 1 is 1.05 bits per heavy atom. The zero-order chi connectivity index (χ0) is 14.7. The van der Waals surface area contributed by atoms with Gasteiger partial charge in [-0.15, -0.1) is 0 Å². The Kier molecular flexibility index (Phi) is 4.95. The van der Waals surface area contributed by atoms with Crippen LogP contribution in [0.3, 0.4) is 0 Å². The van der Waals surface area contributed by atoms with Crippen LogP contribution in [0.15, 0.2) is 30.3 Å². The van der Waals surface area contributed by atoms with Crippen LogP contribution in [0.4, 0.5) is 0 Å². The van der Waals surface area contributed by atoms with Gasteiger partial charge in [-0.3, -0.25) is 5.26 Å². The third-order valence-corrected chi connectivity index (χ3v) is 8.58. The topological polar surface area (TPSA) is 38.7 Å². The molecule has 108 valence electrons. The van der Waals surface area contributed by atoms with E-state index >= 15 is 0 Å². The summed E-state index contributed by atoms with van der Waals surface area (Å²) in [4.78, 5) is 4.73. The molecular weight excluding hydrogens is 256 g/mol. The van der Waals surface area contributed by atoms with E-state index in [0.717, 1.165) is 5.56 Å².